The number of aromatic nitrogens is 4. The molecule has 1 N–H and O–H groups in total. The summed E-state index contributed by atoms with van der Waals surface area (Å²) in [5, 5.41) is 21.3. The van der Waals surface area contributed by atoms with Crippen molar-refractivity contribution in [3.05, 3.63) is 35.6 Å². The van der Waals surface area contributed by atoms with E-state index in [1.165, 1.54) is 7.11 Å². The van der Waals surface area contributed by atoms with Gasteiger partial charge in [-0.1, -0.05) is 11.8 Å². The Morgan fingerprint density at radius 1 is 1.41 bits per heavy atom. The molecular formula is C14H14N4O2S2. The summed E-state index contributed by atoms with van der Waals surface area (Å²) in [6.45, 7) is 0. The van der Waals surface area contributed by atoms with Gasteiger partial charge in [-0.25, -0.2) is 4.98 Å². The topological polar surface area (TPSA) is 73.1 Å². The lowest BCUT2D eigenvalue weighted by molar-refractivity contribution is 0.373. The number of aromatic hydroxyl groups is 1. The van der Waals surface area contributed by atoms with E-state index in [0.717, 1.165) is 27.2 Å². The maximum atomic E-state index is 9.64. The summed E-state index contributed by atoms with van der Waals surface area (Å²) in [5.41, 5.74) is 1.91. The highest BCUT2D eigenvalue weighted by Gasteiger charge is 2.10. The van der Waals surface area contributed by atoms with Crippen LogP contribution < -0.4 is 4.74 Å². The third kappa shape index (κ3) is 3.07. The number of ether oxygens (including phenoxy) is 1. The normalized spacial score (nSPS) is 10.8. The first-order chi connectivity index (χ1) is 10.7. The van der Waals surface area contributed by atoms with Crippen molar-refractivity contribution < 1.29 is 9.84 Å². The zero-order valence-electron chi connectivity index (χ0n) is 12.1. The summed E-state index contributed by atoms with van der Waals surface area (Å²) >= 11 is 3.16. The number of methoxy groups -OCH3 is 1. The number of hydrogen-bond donors (Lipinski definition) is 1. The molecule has 0 spiro atoms. The minimum absolute atomic E-state index is 0.126. The van der Waals surface area contributed by atoms with Gasteiger partial charge in [0, 0.05) is 23.7 Å². The van der Waals surface area contributed by atoms with Crippen LogP contribution in [0.5, 0.6) is 11.5 Å². The van der Waals surface area contributed by atoms with Crippen LogP contribution >= 0.6 is 23.1 Å². The number of phenolic OH excluding ortho intramolecular Hbond substituents is 1. The summed E-state index contributed by atoms with van der Waals surface area (Å²) in [6.07, 6.45) is 1.68. The van der Waals surface area contributed by atoms with Crippen LogP contribution in [-0.4, -0.2) is 32.0 Å². The van der Waals surface area contributed by atoms with Crippen LogP contribution in [-0.2, 0) is 12.8 Å². The molecule has 1 aromatic carbocycles. The van der Waals surface area contributed by atoms with Crippen molar-refractivity contribution in [3.8, 4) is 22.1 Å². The number of rotatable bonds is 5. The number of benzene rings is 1. The number of hydrogen-bond acceptors (Lipinski definition) is 7. The molecular weight excluding hydrogens is 320 g/mol. The molecule has 0 fully saturated rings. The van der Waals surface area contributed by atoms with Crippen LogP contribution in [0.25, 0.3) is 10.6 Å². The Morgan fingerprint density at radius 2 is 2.27 bits per heavy atom. The third-order valence-corrected chi connectivity index (χ3v) is 5.01. The lowest BCUT2D eigenvalue weighted by Gasteiger charge is -2.04. The number of nitrogens with zero attached hydrogens (tertiary/aromatic N) is 4. The highest BCUT2D eigenvalue weighted by Crippen LogP contribution is 2.33. The predicted molar refractivity (Wildman–Crippen MR) is 86.3 cm³/mol. The van der Waals surface area contributed by atoms with E-state index in [0.29, 0.717) is 5.75 Å². The Bertz CT molecular complexity index is 785. The lowest BCUT2D eigenvalue weighted by Crippen LogP contribution is -1.90. The molecule has 0 amide bonds. The number of thiazole rings is 1. The molecule has 0 saturated carbocycles. The standard InChI is InChI=1S/C14H14N4O2S2/c1-18-8-15-17-14(18)22-7-10-6-21-13(16-10)9-3-4-11(19)12(5-9)20-2/h3-6,8,19H,7H2,1-2H3. The summed E-state index contributed by atoms with van der Waals surface area (Å²) < 4.78 is 7.01. The molecule has 0 bridgehead atoms. The summed E-state index contributed by atoms with van der Waals surface area (Å²) in [7, 11) is 3.45. The molecule has 114 valence electrons. The third-order valence-electron chi connectivity index (χ3n) is 3.00. The fourth-order valence-electron chi connectivity index (χ4n) is 1.86. The molecule has 0 radical (unpaired) electrons. The molecule has 2 heterocycles. The molecule has 3 aromatic rings. The monoisotopic (exact) mass is 334 g/mol. The van der Waals surface area contributed by atoms with Gasteiger partial charge in [0.15, 0.2) is 16.7 Å². The van der Waals surface area contributed by atoms with Gasteiger partial charge in [0.2, 0.25) is 0 Å². The maximum absolute atomic E-state index is 9.64. The fraction of sp³-hybridized carbons (Fsp3) is 0.214. The lowest BCUT2D eigenvalue weighted by atomic mass is 10.2. The van der Waals surface area contributed by atoms with Crippen LogP contribution in [0.4, 0.5) is 0 Å². The first-order valence-electron chi connectivity index (χ1n) is 6.46. The van der Waals surface area contributed by atoms with Crippen LogP contribution in [0.3, 0.4) is 0 Å². The number of aryl methyl sites for hydroxylation is 1. The quantitative estimate of drug-likeness (QED) is 0.723. The molecule has 0 atom stereocenters. The van der Waals surface area contributed by atoms with Gasteiger partial charge < -0.3 is 14.4 Å². The van der Waals surface area contributed by atoms with Gasteiger partial charge in [-0.3, -0.25) is 0 Å². The van der Waals surface area contributed by atoms with Crippen molar-refractivity contribution in [1.29, 1.82) is 0 Å². The summed E-state index contributed by atoms with van der Waals surface area (Å²) in [4.78, 5) is 4.62. The second kappa shape index (κ2) is 6.37. The first-order valence-corrected chi connectivity index (χ1v) is 8.32. The second-order valence-electron chi connectivity index (χ2n) is 4.54. The largest absolute Gasteiger partial charge is 0.504 e. The Hall–Kier alpha value is -2.06. The van der Waals surface area contributed by atoms with Gasteiger partial charge in [0.1, 0.15) is 11.3 Å². The SMILES string of the molecule is COc1cc(-c2nc(CSc3nncn3C)cs2)ccc1O. The Balaban J connectivity index is 1.75. The van der Waals surface area contributed by atoms with E-state index in [1.54, 1.807) is 41.6 Å². The zero-order chi connectivity index (χ0) is 15.5. The minimum atomic E-state index is 0.126. The maximum Gasteiger partial charge on any atom is 0.191 e. The second-order valence-corrected chi connectivity index (χ2v) is 6.34. The first kappa shape index (κ1) is 14.9. The van der Waals surface area contributed by atoms with Gasteiger partial charge in [-0.05, 0) is 18.2 Å². The molecule has 22 heavy (non-hydrogen) atoms. The average molecular weight is 334 g/mol. The van der Waals surface area contributed by atoms with Gasteiger partial charge in [0.05, 0.1) is 12.8 Å². The molecule has 0 aliphatic carbocycles. The Kier molecular flexibility index (Phi) is 4.30. The molecule has 8 heteroatoms. The Morgan fingerprint density at radius 3 is 3.00 bits per heavy atom. The van der Waals surface area contributed by atoms with Crippen LogP contribution in [0.2, 0.25) is 0 Å². The van der Waals surface area contributed by atoms with E-state index in [1.807, 2.05) is 23.1 Å². The molecule has 2 aromatic heterocycles. The average Bonchev–Trinajstić information content (AvgIpc) is 3.15. The van der Waals surface area contributed by atoms with Crippen molar-refractivity contribution in [2.45, 2.75) is 10.9 Å². The molecule has 0 aliphatic heterocycles. The van der Waals surface area contributed by atoms with E-state index in [-0.39, 0.29) is 5.75 Å². The fourth-order valence-corrected chi connectivity index (χ4v) is 3.56. The minimum Gasteiger partial charge on any atom is -0.504 e. The van der Waals surface area contributed by atoms with Crippen LogP contribution in [0, 0.1) is 0 Å². The molecule has 3 rings (SSSR count). The number of phenols is 1. The van der Waals surface area contributed by atoms with Crippen molar-refractivity contribution in [3.63, 3.8) is 0 Å². The van der Waals surface area contributed by atoms with E-state index in [2.05, 4.69) is 15.2 Å². The predicted octanol–water partition coefficient (Wildman–Crippen LogP) is 2.95. The van der Waals surface area contributed by atoms with E-state index in [4.69, 9.17) is 4.74 Å². The van der Waals surface area contributed by atoms with Gasteiger partial charge >= 0.3 is 0 Å². The van der Waals surface area contributed by atoms with Crippen LogP contribution in [0.1, 0.15) is 5.69 Å². The van der Waals surface area contributed by atoms with E-state index in [9.17, 15) is 5.11 Å². The van der Waals surface area contributed by atoms with Crippen molar-refractivity contribution >= 4 is 23.1 Å². The summed E-state index contributed by atoms with van der Waals surface area (Å²) in [6, 6.07) is 5.23. The zero-order valence-corrected chi connectivity index (χ0v) is 13.7. The molecule has 6 nitrogen and oxygen atoms in total. The molecule has 0 saturated heterocycles. The highest BCUT2D eigenvalue weighted by atomic mass is 32.2. The number of thioether (sulfide) groups is 1. The van der Waals surface area contributed by atoms with Crippen molar-refractivity contribution in [2.75, 3.05) is 7.11 Å². The smallest absolute Gasteiger partial charge is 0.191 e. The summed E-state index contributed by atoms with van der Waals surface area (Å²) in [5.74, 6) is 1.31. The van der Waals surface area contributed by atoms with Gasteiger partial charge in [-0.15, -0.1) is 21.5 Å². The van der Waals surface area contributed by atoms with Crippen LogP contribution in [0.15, 0.2) is 35.1 Å². The van der Waals surface area contributed by atoms with E-state index < -0.39 is 0 Å². The van der Waals surface area contributed by atoms with Crippen molar-refractivity contribution in [1.82, 2.24) is 19.7 Å². The highest BCUT2D eigenvalue weighted by molar-refractivity contribution is 7.98. The van der Waals surface area contributed by atoms with E-state index >= 15 is 0 Å². The van der Waals surface area contributed by atoms with Gasteiger partial charge in [0.25, 0.3) is 0 Å². The Labute approximate surface area is 135 Å². The van der Waals surface area contributed by atoms with Crippen molar-refractivity contribution in [2.24, 2.45) is 7.05 Å². The van der Waals surface area contributed by atoms with Gasteiger partial charge in [-0.2, -0.15) is 0 Å². The molecule has 0 unspecified atom stereocenters. The molecule has 0 aliphatic rings.